The lowest BCUT2D eigenvalue weighted by Gasteiger charge is -2.11. The number of hydrogen-bond donors (Lipinski definition) is 0. The standard InChI is InChI=1S/C13H13BrClNO2/c1-8(2)11-5-9(14)3-4-12(11)18-13-16-10(6-15)7-17-13/h3-5,7-8H,6H2,1-2H3. The summed E-state index contributed by atoms with van der Waals surface area (Å²) in [6, 6.07) is 5.85. The van der Waals surface area contributed by atoms with Gasteiger partial charge in [-0.25, -0.2) is 0 Å². The molecule has 1 aromatic carbocycles. The number of ether oxygens (including phenoxy) is 1. The van der Waals surface area contributed by atoms with Gasteiger partial charge in [0.1, 0.15) is 12.0 Å². The molecule has 18 heavy (non-hydrogen) atoms. The number of oxazole rings is 1. The zero-order chi connectivity index (χ0) is 13.1. The van der Waals surface area contributed by atoms with E-state index in [1.807, 2.05) is 18.2 Å². The van der Waals surface area contributed by atoms with Crippen LogP contribution >= 0.6 is 27.5 Å². The van der Waals surface area contributed by atoms with Crippen molar-refractivity contribution in [3.8, 4) is 11.8 Å². The van der Waals surface area contributed by atoms with Crippen LogP contribution in [0.5, 0.6) is 11.8 Å². The number of alkyl halides is 1. The molecule has 0 radical (unpaired) electrons. The van der Waals surface area contributed by atoms with Crippen LogP contribution in [0, 0.1) is 0 Å². The van der Waals surface area contributed by atoms with Crippen LogP contribution in [0.2, 0.25) is 0 Å². The van der Waals surface area contributed by atoms with E-state index in [-0.39, 0.29) is 6.08 Å². The second-order valence-corrected chi connectivity index (χ2v) is 5.36. The number of halogens is 2. The average molecular weight is 331 g/mol. The van der Waals surface area contributed by atoms with Gasteiger partial charge in [-0.1, -0.05) is 29.8 Å². The molecule has 0 bridgehead atoms. The van der Waals surface area contributed by atoms with Crippen molar-refractivity contribution in [3.05, 3.63) is 40.2 Å². The van der Waals surface area contributed by atoms with Crippen molar-refractivity contribution < 1.29 is 9.15 Å². The molecule has 3 nitrogen and oxygen atoms in total. The number of aromatic nitrogens is 1. The summed E-state index contributed by atoms with van der Waals surface area (Å²) in [4.78, 5) is 4.11. The van der Waals surface area contributed by atoms with Gasteiger partial charge in [-0.15, -0.1) is 11.6 Å². The molecule has 96 valence electrons. The van der Waals surface area contributed by atoms with Gasteiger partial charge in [0.15, 0.2) is 0 Å². The van der Waals surface area contributed by atoms with Gasteiger partial charge in [-0.05, 0) is 29.7 Å². The number of nitrogens with zero attached hydrogens (tertiary/aromatic N) is 1. The average Bonchev–Trinajstić information content (AvgIpc) is 2.79. The fraction of sp³-hybridized carbons (Fsp3) is 0.308. The third kappa shape index (κ3) is 3.06. The minimum atomic E-state index is 0.217. The van der Waals surface area contributed by atoms with Crippen molar-refractivity contribution in [2.45, 2.75) is 25.6 Å². The maximum atomic E-state index is 5.66. The van der Waals surface area contributed by atoms with Crippen LogP contribution in [0.3, 0.4) is 0 Å². The Bertz CT molecular complexity index is 540. The van der Waals surface area contributed by atoms with E-state index in [1.165, 1.54) is 6.26 Å². The fourth-order valence-corrected chi connectivity index (χ4v) is 2.06. The van der Waals surface area contributed by atoms with Crippen LogP contribution in [-0.2, 0) is 5.88 Å². The maximum absolute atomic E-state index is 5.66. The Balaban J connectivity index is 2.28. The molecule has 0 saturated heterocycles. The Morgan fingerprint density at radius 3 is 2.83 bits per heavy atom. The highest BCUT2D eigenvalue weighted by Gasteiger charge is 2.12. The molecule has 0 amide bonds. The number of hydrogen-bond acceptors (Lipinski definition) is 3. The fourth-order valence-electron chi connectivity index (χ4n) is 1.55. The maximum Gasteiger partial charge on any atom is 0.399 e. The number of benzene rings is 1. The molecule has 0 spiro atoms. The molecule has 0 N–H and O–H groups in total. The molecule has 0 unspecified atom stereocenters. The second kappa shape index (κ2) is 5.76. The van der Waals surface area contributed by atoms with E-state index in [4.69, 9.17) is 20.8 Å². The zero-order valence-corrected chi connectivity index (χ0v) is 12.5. The molecule has 0 aliphatic carbocycles. The van der Waals surface area contributed by atoms with Gasteiger partial charge in [0.05, 0.1) is 11.6 Å². The minimum Gasteiger partial charge on any atom is -0.417 e. The minimum absolute atomic E-state index is 0.217. The predicted octanol–water partition coefficient (Wildman–Crippen LogP) is 5.09. The van der Waals surface area contributed by atoms with Gasteiger partial charge in [0, 0.05) is 4.47 Å². The van der Waals surface area contributed by atoms with Crippen molar-refractivity contribution in [2.75, 3.05) is 0 Å². The first-order valence-corrected chi connectivity index (χ1v) is 6.90. The van der Waals surface area contributed by atoms with Gasteiger partial charge in [0.2, 0.25) is 0 Å². The van der Waals surface area contributed by atoms with E-state index in [0.717, 1.165) is 15.8 Å². The van der Waals surface area contributed by atoms with Crippen LogP contribution in [0.4, 0.5) is 0 Å². The quantitative estimate of drug-likeness (QED) is 0.732. The molecular weight excluding hydrogens is 318 g/mol. The highest BCUT2D eigenvalue weighted by Crippen LogP contribution is 2.32. The molecule has 1 aromatic heterocycles. The smallest absolute Gasteiger partial charge is 0.399 e. The lowest BCUT2D eigenvalue weighted by atomic mass is 10.0. The lowest BCUT2D eigenvalue weighted by Crippen LogP contribution is -1.94. The monoisotopic (exact) mass is 329 g/mol. The molecule has 1 heterocycles. The van der Waals surface area contributed by atoms with Gasteiger partial charge in [-0.3, -0.25) is 0 Å². The van der Waals surface area contributed by atoms with E-state index in [1.54, 1.807) is 0 Å². The molecule has 2 aromatic rings. The van der Waals surface area contributed by atoms with Crippen LogP contribution in [-0.4, -0.2) is 4.98 Å². The van der Waals surface area contributed by atoms with E-state index in [9.17, 15) is 0 Å². The Labute approximate surface area is 119 Å². The third-order valence-corrected chi connectivity index (χ3v) is 3.23. The van der Waals surface area contributed by atoms with Crippen LogP contribution in [0.25, 0.3) is 0 Å². The van der Waals surface area contributed by atoms with Gasteiger partial charge in [0.25, 0.3) is 0 Å². The van der Waals surface area contributed by atoms with E-state index >= 15 is 0 Å². The summed E-state index contributed by atoms with van der Waals surface area (Å²) in [7, 11) is 0. The van der Waals surface area contributed by atoms with Gasteiger partial charge >= 0.3 is 6.08 Å². The van der Waals surface area contributed by atoms with Gasteiger partial charge < -0.3 is 9.15 Å². The van der Waals surface area contributed by atoms with Crippen molar-refractivity contribution in [1.29, 1.82) is 0 Å². The second-order valence-electron chi connectivity index (χ2n) is 4.18. The van der Waals surface area contributed by atoms with Crippen molar-refractivity contribution >= 4 is 27.5 Å². The van der Waals surface area contributed by atoms with Crippen molar-refractivity contribution in [3.63, 3.8) is 0 Å². The summed E-state index contributed by atoms with van der Waals surface area (Å²) in [6.45, 7) is 4.21. The normalized spacial score (nSPS) is 10.9. The van der Waals surface area contributed by atoms with E-state index in [0.29, 0.717) is 17.5 Å². The SMILES string of the molecule is CC(C)c1cc(Br)ccc1Oc1nc(CCl)co1. The Morgan fingerprint density at radius 1 is 1.44 bits per heavy atom. The molecule has 2 rings (SSSR count). The molecule has 0 aliphatic heterocycles. The predicted molar refractivity (Wildman–Crippen MR) is 74.4 cm³/mol. The largest absolute Gasteiger partial charge is 0.417 e. The molecular formula is C13H13BrClNO2. The number of rotatable bonds is 4. The Hall–Kier alpha value is -1.00. The Morgan fingerprint density at radius 2 is 2.22 bits per heavy atom. The molecule has 0 saturated carbocycles. The summed E-state index contributed by atoms with van der Waals surface area (Å²) in [5, 5.41) is 0. The molecule has 0 aliphatic rings. The molecule has 5 heteroatoms. The summed E-state index contributed by atoms with van der Waals surface area (Å²) in [6.07, 6.45) is 1.71. The topological polar surface area (TPSA) is 35.3 Å². The zero-order valence-electron chi connectivity index (χ0n) is 10.1. The Kier molecular flexibility index (Phi) is 4.30. The third-order valence-electron chi connectivity index (χ3n) is 2.46. The highest BCUT2D eigenvalue weighted by molar-refractivity contribution is 9.10. The lowest BCUT2D eigenvalue weighted by molar-refractivity contribution is 0.327. The summed E-state index contributed by atoms with van der Waals surface area (Å²) >= 11 is 9.11. The van der Waals surface area contributed by atoms with E-state index in [2.05, 4.69) is 34.8 Å². The van der Waals surface area contributed by atoms with Gasteiger partial charge in [-0.2, -0.15) is 4.98 Å². The van der Waals surface area contributed by atoms with Crippen LogP contribution in [0.15, 0.2) is 33.4 Å². The first kappa shape index (κ1) is 13.4. The molecule has 0 fully saturated rings. The van der Waals surface area contributed by atoms with E-state index < -0.39 is 0 Å². The summed E-state index contributed by atoms with van der Waals surface area (Å²) < 4.78 is 11.9. The van der Waals surface area contributed by atoms with Crippen LogP contribution < -0.4 is 4.74 Å². The van der Waals surface area contributed by atoms with Crippen molar-refractivity contribution in [2.24, 2.45) is 0 Å². The first-order chi connectivity index (χ1) is 8.60. The molecule has 0 atom stereocenters. The first-order valence-electron chi connectivity index (χ1n) is 5.58. The van der Waals surface area contributed by atoms with Crippen LogP contribution in [0.1, 0.15) is 31.0 Å². The highest BCUT2D eigenvalue weighted by atomic mass is 79.9. The summed E-state index contributed by atoms with van der Waals surface area (Å²) in [5.74, 6) is 1.40. The summed E-state index contributed by atoms with van der Waals surface area (Å²) in [5.41, 5.74) is 1.75. The van der Waals surface area contributed by atoms with Crippen molar-refractivity contribution in [1.82, 2.24) is 4.98 Å².